The van der Waals surface area contributed by atoms with E-state index in [0.29, 0.717) is 0 Å². The van der Waals surface area contributed by atoms with Crippen LogP contribution >= 0.6 is 0 Å². The maximum Gasteiger partial charge on any atom is 2.00 e. The number of unbranched alkanes of at least 4 members (excludes halogenated alkanes) is 52. The van der Waals surface area contributed by atoms with Crippen LogP contribution < -0.4 is 0 Å². The summed E-state index contributed by atoms with van der Waals surface area (Å²) in [6, 6.07) is 7.06. The third-order valence-corrected chi connectivity index (χ3v) is 21.0. The number of carbonyl (C=O) groups excluding carboxylic acids is 4. The Morgan fingerprint density at radius 1 is 0.267 bits per heavy atom. The van der Waals surface area contributed by atoms with Crippen LogP contribution in [0, 0.1) is 0 Å². The minimum atomic E-state index is -5.04. The molecule has 14 nitrogen and oxygen atoms in total. The van der Waals surface area contributed by atoms with Crippen molar-refractivity contribution >= 4 is 81.9 Å². The summed E-state index contributed by atoms with van der Waals surface area (Å²) in [4.78, 5) is 50.1. The van der Waals surface area contributed by atoms with E-state index < -0.39 is 65.0 Å². The van der Waals surface area contributed by atoms with Gasteiger partial charge in [0.2, 0.25) is 0 Å². The largest absolute Gasteiger partial charge is 2.00 e. The van der Waals surface area contributed by atoms with E-state index in [9.17, 15) is 45.1 Å². The van der Waals surface area contributed by atoms with E-state index >= 15 is 0 Å². The van der Waals surface area contributed by atoms with E-state index in [4.69, 9.17) is 18.9 Å². The molecule has 0 N–H and O–H groups in total. The average molecular weight is 1530 g/mol. The van der Waals surface area contributed by atoms with Crippen molar-refractivity contribution in [1.82, 2.24) is 0 Å². The van der Waals surface area contributed by atoms with Gasteiger partial charge in [-0.2, -0.15) is 0 Å². The molecule has 0 saturated carbocycles. The second-order valence-corrected chi connectivity index (χ2v) is 31.4. The first-order chi connectivity index (χ1) is 50.6. The van der Waals surface area contributed by atoms with E-state index in [-0.39, 0.29) is 75.3 Å². The zero-order chi connectivity index (χ0) is 75.9. The summed E-state index contributed by atoms with van der Waals surface area (Å²) in [7, 11) is -10.1. The summed E-state index contributed by atoms with van der Waals surface area (Å²) >= 11 is 0. The predicted molar refractivity (Wildman–Crippen MR) is 434 cm³/mol. The van der Waals surface area contributed by atoms with Crippen LogP contribution in [0.25, 0.3) is 0 Å². The van der Waals surface area contributed by atoms with Crippen LogP contribution in [0.5, 0.6) is 0 Å². The van der Waals surface area contributed by atoms with Gasteiger partial charge in [-0.25, -0.2) is 36.0 Å². The van der Waals surface area contributed by atoms with Gasteiger partial charge in [0.1, 0.15) is 46.7 Å². The van der Waals surface area contributed by atoms with Crippen molar-refractivity contribution in [3.05, 3.63) is 107 Å². The Morgan fingerprint density at radius 2 is 0.438 bits per heavy atom. The quantitative estimate of drug-likeness (QED) is 0.0150. The number of esters is 4. The Kier molecular flexibility index (Phi) is 70.6. The molecule has 0 saturated heterocycles. The Hall–Kier alpha value is -3.64. The third-order valence-electron chi connectivity index (χ3n) is 19.2. The topological polar surface area (TPSA) is 220 Å². The van der Waals surface area contributed by atoms with Gasteiger partial charge in [-0.15, -0.1) is 0 Å². The minimum Gasteiger partial charge on any atom is -0.744 e. The van der Waals surface area contributed by atoms with Gasteiger partial charge in [-0.1, -0.05) is 397 Å². The van der Waals surface area contributed by atoms with Crippen molar-refractivity contribution in [2.45, 2.75) is 397 Å². The molecule has 0 aliphatic heterocycles. The number of hydrogen-bond acceptors (Lipinski definition) is 14. The van der Waals surface area contributed by atoms with Crippen molar-refractivity contribution in [3.63, 3.8) is 0 Å². The number of ether oxygens (including phenoxy) is 4. The monoisotopic (exact) mass is 1530 g/mol. The van der Waals surface area contributed by atoms with Gasteiger partial charge in [0, 0.05) is 0 Å². The molecular weight excluding hydrogens is 1390 g/mol. The first-order valence-corrected chi connectivity index (χ1v) is 44.9. The number of hydrogen-bond donors (Lipinski definition) is 0. The van der Waals surface area contributed by atoms with Crippen LogP contribution in [-0.2, 0) is 39.2 Å². The van der Waals surface area contributed by atoms with Gasteiger partial charge in [-0.05, 0) is 75.6 Å². The molecule has 0 spiro atoms. The molecule has 2 aromatic carbocycles. The number of allylic oxidation sites excluding steroid dienone is 4. The summed E-state index contributed by atoms with van der Waals surface area (Å²) in [6.45, 7) is 8.77. The van der Waals surface area contributed by atoms with Crippen LogP contribution in [0.2, 0.25) is 0 Å². The molecule has 0 unspecified atom stereocenters. The molecule has 0 amide bonds. The van der Waals surface area contributed by atoms with Gasteiger partial charge in [0.05, 0.1) is 32.0 Å². The van der Waals surface area contributed by atoms with Crippen LogP contribution in [-0.4, -0.2) is 114 Å². The molecule has 596 valence electrons. The third kappa shape index (κ3) is 58.9. The van der Waals surface area contributed by atoms with Crippen molar-refractivity contribution in [2.24, 2.45) is 0 Å². The van der Waals surface area contributed by atoms with E-state index in [1.54, 1.807) is 24.3 Å². The SMILES string of the molecule is CCCCCCCCCCCCCCC/C=C/COC(=O)c1cccc(S(=O)(=O)[O-])c1C(=O)OC/C=C/CCCCCCCCCCCCCCC.CCCCCCCCCCCCCCC/C=C/COC(=O)c1cccc(S(=O)(=O)[O-])c1C(=O)OC/C=C/CCCCCCCCCCCCCCC.[Ca+2]. The fraction of sp³-hybridized carbons (Fsp3) is 0.727. The summed E-state index contributed by atoms with van der Waals surface area (Å²) < 4.78 is 92.8. The standard InChI is InChI=1S/2C44H74O7S.Ca/c2*1-3-5-7-9-11-13-15-17-19-21-23-25-27-29-31-33-38-50-43(45)40-36-35-37-41(52(47,48)49)42(40)44(46)51-39-34-32-30-28-26-24-22-20-18-16-14-12-10-8-6-4-2;/h2*31-37H,3-30,38-39H2,1-2H3,(H,47,48,49);/q;;+2/p-2/b2*33-31+,34-32+;. The number of benzene rings is 2. The van der Waals surface area contributed by atoms with Crippen molar-refractivity contribution < 1.29 is 64.1 Å². The molecule has 2 aromatic rings. The Morgan fingerprint density at radius 3 is 0.619 bits per heavy atom. The molecule has 0 radical (unpaired) electrons. The molecular formula is C88H146CaO14S2. The van der Waals surface area contributed by atoms with Gasteiger partial charge in [-0.3, -0.25) is 0 Å². The Bertz CT molecular complexity index is 2610. The van der Waals surface area contributed by atoms with Gasteiger partial charge in [0.25, 0.3) is 0 Å². The van der Waals surface area contributed by atoms with Crippen LogP contribution in [0.1, 0.15) is 429 Å². The maximum atomic E-state index is 12.9. The molecule has 105 heavy (non-hydrogen) atoms. The van der Waals surface area contributed by atoms with E-state index in [1.807, 2.05) is 24.3 Å². The van der Waals surface area contributed by atoms with E-state index in [2.05, 4.69) is 27.7 Å². The molecule has 2 rings (SSSR count). The smallest absolute Gasteiger partial charge is 0.744 e. The van der Waals surface area contributed by atoms with Gasteiger partial charge < -0.3 is 28.1 Å². The number of rotatable bonds is 70. The molecule has 0 aliphatic rings. The van der Waals surface area contributed by atoms with Crippen LogP contribution in [0.3, 0.4) is 0 Å². The Balaban J connectivity index is 0.00000204. The van der Waals surface area contributed by atoms with Crippen LogP contribution in [0.15, 0.2) is 94.8 Å². The number of carbonyl (C=O) groups is 4. The van der Waals surface area contributed by atoms with E-state index in [0.717, 1.165) is 89.2 Å². The van der Waals surface area contributed by atoms with Crippen molar-refractivity contribution in [1.29, 1.82) is 0 Å². The molecule has 0 atom stereocenters. The average Bonchev–Trinajstić information content (AvgIpc) is 0.799. The first-order valence-electron chi connectivity index (χ1n) is 42.1. The summed E-state index contributed by atoms with van der Waals surface area (Å²) in [6.07, 6.45) is 85.5. The Labute approximate surface area is 671 Å². The summed E-state index contributed by atoms with van der Waals surface area (Å²) in [5.74, 6) is -3.88. The molecule has 0 bridgehead atoms. The molecule has 17 heteroatoms. The maximum absolute atomic E-state index is 12.9. The second-order valence-electron chi connectivity index (χ2n) is 28.7. The summed E-state index contributed by atoms with van der Waals surface area (Å²) in [5.41, 5.74) is -1.77. The van der Waals surface area contributed by atoms with Crippen molar-refractivity contribution in [3.8, 4) is 0 Å². The molecule has 0 aromatic heterocycles. The molecule has 0 fully saturated rings. The zero-order valence-corrected chi connectivity index (χ0v) is 70.6. The molecule has 0 aliphatic carbocycles. The predicted octanol–water partition coefficient (Wildman–Crippen LogP) is 25.6. The van der Waals surface area contributed by atoms with Crippen LogP contribution in [0.4, 0.5) is 0 Å². The minimum absolute atomic E-state index is 0. The summed E-state index contributed by atoms with van der Waals surface area (Å²) in [5, 5.41) is 0. The molecule has 0 heterocycles. The fourth-order valence-corrected chi connectivity index (χ4v) is 14.3. The first kappa shape index (κ1) is 101. The normalized spacial score (nSPS) is 11.8. The van der Waals surface area contributed by atoms with Gasteiger partial charge >= 0.3 is 61.6 Å². The second kappa shape index (κ2) is 73.2. The van der Waals surface area contributed by atoms with E-state index in [1.165, 1.54) is 307 Å². The van der Waals surface area contributed by atoms with Gasteiger partial charge in [0.15, 0.2) is 0 Å². The fourth-order valence-electron chi connectivity index (χ4n) is 12.9. The van der Waals surface area contributed by atoms with Crippen molar-refractivity contribution in [2.75, 3.05) is 26.4 Å². The zero-order valence-electron chi connectivity index (χ0n) is 66.7.